The van der Waals surface area contributed by atoms with Crippen LogP contribution in [0.1, 0.15) is 37.3 Å². The third-order valence-corrected chi connectivity index (χ3v) is 5.22. The number of aromatic nitrogens is 1. The van der Waals surface area contributed by atoms with Gasteiger partial charge < -0.3 is 14.8 Å². The van der Waals surface area contributed by atoms with Gasteiger partial charge in [0.2, 0.25) is 0 Å². The summed E-state index contributed by atoms with van der Waals surface area (Å²) in [5.41, 5.74) is 0.798. The van der Waals surface area contributed by atoms with Gasteiger partial charge in [-0.3, -0.25) is 4.79 Å². The second-order valence-electron chi connectivity index (χ2n) is 6.32. The van der Waals surface area contributed by atoms with E-state index in [4.69, 9.17) is 0 Å². The molecular formula is C15H22BrN3O. The number of hydrogen-bond donors (Lipinski definition) is 1. The molecule has 1 N–H and O–H groups in total. The standard InChI is InChI=1S/C15H22BrN3O/c1-9(2)18-8-12(16)4-14(18)15(20)19-7-11-5-17-6-13(11)10(19)3/h4,8-11,13,17H,5-7H2,1-3H3. The molecule has 0 aliphatic carbocycles. The molecule has 2 aliphatic heterocycles. The molecule has 2 fully saturated rings. The number of carbonyl (C=O) groups is 1. The van der Waals surface area contributed by atoms with E-state index in [2.05, 4.69) is 51.5 Å². The van der Waals surface area contributed by atoms with Crippen molar-refractivity contribution in [2.45, 2.75) is 32.9 Å². The minimum Gasteiger partial charge on any atom is -0.340 e. The first-order chi connectivity index (χ1) is 9.49. The smallest absolute Gasteiger partial charge is 0.270 e. The van der Waals surface area contributed by atoms with Gasteiger partial charge in [-0.25, -0.2) is 0 Å². The number of nitrogens with one attached hydrogen (secondary N) is 1. The number of amides is 1. The predicted molar refractivity (Wildman–Crippen MR) is 82.9 cm³/mol. The highest BCUT2D eigenvalue weighted by atomic mass is 79.9. The second-order valence-corrected chi connectivity index (χ2v) is 7.24. The largest absolute Gasteiger partial charge is 0.340 e. The third kappa shape index (κ3) is 2.21. The van der Waals surface area contributed by atoms with E-state index >= 15 is 0 Å². The van der Waals surface area contributed by atoms with Crippen molar-refractivity contribution < 1.29 is 4.79 Å². The Morgan fingerprint density at radius 2 is 2.20 bits per heavy atom. The average Bonchev–Trinajstić information content (AvgIpc) is 3.05. The van der Waals surface area contributed by atoms with Crippen molar-refractivity contribution in [1.29, 1.82) is 0 Å². The number of likely N-dealkylation sites (tertiary alicyclic amines) is 1. The highest BCUT2D eigenvalue weighted by Gasteiger charge is 2.44. The molecule has 3 atom stereocenters. The Hall–Kier alpha value is -0.810. The first-order valence-corrected chi connectivity index (χ1v) is 8.17. The number of rotatable bonds is 2. The summed E-state index contributed by atoms with van der Waals surface area (Å²) in [4.78, 5) is 15.0. The van der Waals surface area contributed by atoms with Crippen LogP contribution in [-0.4, -0.2) is 41.1 Å². The zero-order valence-corrected chi connectivity index (χ0v) is 13.9. The maximum atomic E-state index is 12.9. The fourth-order valence-corrected chi connectivity index (χ4v) is 4.06. The van der Waals surface area contributed by atoms with Crippen molar-refractivity contribution in [1.82, 2.24) is 14.8 Å². The van der Waals surface area contributed by atoms with Crippen LogP contribution < -0.4 is 5.32 Å². The van der Waals surface area contributed by atoms with Gasteiger partial charge in [0.05, 0.1) is 0 Å². The summed E-state index contributed by atoms with van der Waals surface area (Å²) < 4.78 is 3.04. The van der Waals surface area contributed by atoms with E-state index in [-0.39, 0.29) is 5.91 Å². The Bertz CT molecular complexity index is 525. The van der Waals surface area contributed by atoms with Crippen LogP contribution in [0.25, 0.3) is 0 Å². The maximum Gasteiger partial charge on any atom is 0.270 e. The number of carbonyl (C=O) groups excluding carboxylic acids is 1. The van der Waals surface area contributed by atoms with Gasteiger partial charge in [0.15, 0.2) is 0 Å². The van der Waals surface area contributed by atoms with E-state index in [1.54, 1.807) is 0 Å². The van der Waals surface area contributed by atoms with Crippen molar-refractivity contribution in [2.24, 2.45) is 11.8 Å². The molecule has 1 aromatic heterocycles. The van der Waals surface area contributed by atoms with Gasteiger partial charge in [-0.05, 0) is 54.6 Å². The number of nitrogens with zero attached hydrogens (tertiary/aromatic N) is 2. The summed E-state index contributed by atoms with van der Waals surface area (Å²) in [6.45, 7) is 9.38. The van der Waals surface area contributed by atoms with E-state index in [9.17, 15) is 4.79 Å². The number of fused-ring (bicyclic) bond motifs is 1. The molecule has 0 saturated carbocycles. The second kappa shape index (κ2) is 5.19. The summed E-state index contributed by atoms with van der Waals surface area (Å²) in [5, 5.41) is 3.44. The van der Waals surface area contributed by atoms with Crippen molar-refractivity contribution in [3.63, 3.8) is 0 Å². The normalized spacial score (nSPS) is 29.2. The predicted octanol–water partition coefficient (Wildman–Crippen LogP) is 2.51. The molecule has 4 nitrogen and oxygen atoms in total. The van der Waals surface area contributed by atoms with Gasteiger partial charge in [0.25, 0.3) is 5.91 Å². The van der Waals surface area contributed by atoms with Crippen LogP contribution in [0.4, 0.5) is 0 Å². The van der Waals surface area contributed by atoms with Crippen molar-refractivity contribution >= 4 is 21.8 Å². The first-order valence-electron chi connectivity index (χ1n) is 7.38. The van der Waals surface area contributed by atoms with Crippen LogP contribution >= 0.6 is 15.9 Å². The van der Waals surface area contributed by atoms with Gasteiger partial charge in [0, 0.05) is 42.4 Å². The molecule has 0 spiro atoms. The summed E-state index contributed by atoms with van der Waals surface area (Å²) in [5.74, 6) is 1.41. The molecular weight excluding hydrogens is 318 g/mol. The molecule has 0 bridgehead atoms. The molecule has 3 heterocycles. The van der Waals surface area contributed by atoms with Crippen LogP contribution in [0, 0.1) is 11.8 Å². The van der Waals surface area contributed by atoms with Crippen LogP contribution in [0.3, 0.4) is 0 Å². The lowest BCUT2D eigenvalue weighted by atomic mass is 9.95. The summed E-state index contributed by atoms with van der Waals surface area (Å²) >= 11 is 3.49. The SMILES string of the molecule is CC1C2CNCC2CN1C(=O)c1cc(Br)cn1C(C)C. The fraction of sp³-hybridized carbons (Fsp3) is 0.667. The summed E-state index contributed by atoms with van der Waals surface area (Å²) in [6, 6.07) is 2.57. The van der Waals surface area contributed by atoms with Gasteiger partial charge in [-0.2, -0.15) is 0 Å². The van der Waals surface area contributed by atoms with Crippen molar-refractivity contribution in [3.05, 3.63) is 22.4 Å². The molecule has 2 saturated heterocycles. The Morgan fingerprint density at radius 3 is 2.85 bits per heavy atom. The zero-order valence-electron chi connectivity index (χ0n) is 12.3. The summed E-state index contributed by atoms with van der Waals surface area (Å²) in [7, 11) is 0. The van der Waals surface area contributed by atoms with Gasteiger partial charge in [-0.1, -0.05) is 0 Å². The highest BCUT2D eigenvalue weighted by Crippen LogP contribution is 2.34. The topological polar surface area (TPSA) is 37.3 Å². The lowest BCUT2D eigenvalue weighted by molar-refractivity contribution is 0.0716. The lowest BCUT2D eigenvalue weighted by Gasteiger charge is -2.25. The minimum atomic E-state index is 0.173. The lowest BCUT2D eigenvalue weighted by Crippen LogP contribution is -2.39. The molecule has 2 aliphatic rings. The van der Waals surface area contributed by atoms with Crippen LogP contribution in [0.2, 0.25) is 0 Å². The maximum absolute atomic E-state index is 12.9. The van der Waals surface area contributed by atoms with Crippen LogP contribution in [-0.2, 0) is 0 Å². The van der Waals surface area contributed by atoms with E-state index in [1.807, 2.05) is 12.3 Å². The highest BCUT2D eigenvalue weighted by molar-refractivity contribution is 9.10. The molecule has 0 radical (unpaired) electrons. The van der Waals surface area contributed by atoms with E-state index < -0.39 is 0 Å². The van der Waals surface area contributed by atoms with E-state index in [1.165, 1.54) is 0 Å². The minimum absolute atomic E-state index is 0.173. The van der Waals surface area contributed by atoms with E-state index in [0.717, 1.165) is 29.8 Å². The first kappa shape index (κ1) is 14.1. The molecule has 3 rings (SSSR count). The van der Waals surface area contributed by atoms with Gasteiger partial charge in [-0.15, -0.1) is 0 Å². The Labute approximate surface area is 128 Å². The molecule has 1 amide bonds. The molecule has 1 aromatic rings. The summed E-state index contributed by atoms with van der Waals surface area (Å²) in [6.07, 6.45) is 2.00. The van der Waals surface area contributed by atoms with Crippen molar-refractivity contribution in [2.75, 3.05) is 19.6 Å². The monoisotopic (exact) mass is 339 g/mol. The van der Waals surface area contributed by atoms with Gasteiger partial charge in [0.1, 0.15) is 5.69 Å². The van der Waals surface area contributed by atoms with Crippen LogP contribution in [0.15, 0.2) is 16.7 Å². The van der Waals surface area contributed by atoms with Crippen LogP contribution in [0.5, 0.6) is 0 Å². The number of hydrogen-bond acceptors (Lipinski definition) is 2. The third-order valence-electron chi connectivity index (χ3n) is 4.79. The number of halogens is 1. The molecule has 5 heteroatoms. The Morgan fingerprint density at radius 1 is 1.45 bits per heavy atom. The molecule has 0 aromatic carbocycles. The van der Waals surface area contributed by atoms with Gasteiger partial charge >= 0.3 is 0 Å². The van der Waals surface area contributed by atoms with E-state index in [0.29, 0.717) is 23.9 Å². The molecule has 20 heavy (non-hydrogen) atoms. The fourth-order valence-electron chi connectivity index (χ4n) is 3.63. The molecule has 110 valence electrons. The quantitative estimate of drug-likeness (QED) is 0.898. The molecule has 3 unspecified atom stereocenters. The zero-order chi connectivity index (χ0) is 14.4. The average molecular weight is 340 g/mol. The Kier molecular flexibility index (Phi) is 3.67. The van der Waals surface area contributed by atoms with Crippen molar-refractivity contribution in [3.8, 4) is 0 Å². The Balaban J connectivity index is 1.86.